The third-order valence-electron chi connectivity index (χ3n) is 3.95. The van der Waals surface area contributed by atoms with E-state index in [1.807, 2.05) is 42.5 Å². The minimum absolute atomic E-state index is 0.0478. The van der Waals surface area contributed by atoms with Gasteiger partial charge in [0, 0.05) is 18.4 Å². The van der Waals surface area contributed by atoms with Crippen LogP contribution in [0.4, 0.5) is 11.4 Å². The molecule has 1 heterocycles. The predicted molar refractivity (Wildman–Crippen MR) is 95.9 cm³/mol. The van der Waals surface area contributed by atoms with E-state index >= 15 is 0 Å². The smallest absolute Gasteiger partial charge is 0.270 e. The highest BCUT2D eigenvalue weighted by molar-refractivity contribution is 6.33. The van der Waals surface area contributed by atoms with E-state index < -0.39 is 0 Å². The van der Waals surface area contributed by atoms with E-state index in [0.29, 0.717) is 17.3 Å². The van der Waals surface area contributed by atoms with Gasteiger partial charge in [-0.15, -0.1) is 0 Å². The second-order valence-corrected chi connectivity index (χ2v) is 5.89. The van der Waals surface area contributed by atoms with Crippen LogP contribution < -0.4 is 10.2 Å². The van der Waals surface area contributed by atoms with Gasteiger partial charge in [-0.3, -0.25) is 4.79 Å². The molecular formula is C19H16ClN3O. The largest absolute Gasteiger partial charge is 0.359 e. The summed E-state index contributed by atoms with van der Waals surface area (Å²) in [5.74, 6) is -0.302. The highest BCUT2D eigenvalue weighted by Crippen LogP contribution is 2.28. The van der Waals surface area contributed by atoms with Crippen molar-refractivity contribution in [3.8, 4) is 6.07 Å². The van der Waals surface area contributed by atoms with Crippen LogP contribution in [0.1, 0.15) is 12.0 Å². The zero-order valence-electron chi connectivity index (χ0n) is 13.0. The summed E-state index contributed by atoms with van der Waals surface area (Å²) >= 11 is 6.08. The fourth-order valence-corrected chi connectivity index (χ4v) is 2.95. The number of carbonyl (C=O) groups excluding carboxylic acids is 1. The number of carbonyl (C=O) groups is 1. The van der Waals surface area contributed by atoms with Crippen molar-refractivity contribution in [1.29, 1.82) is 5.26 Å². The summed E-state index contributed by atoms with van der Waals surface area (Å²) in [6.07, 6.45) is 3.25. The number of anilines is 2. The highest BCUT2D eigenvalue weighted by atomic mass is 35.5. The summed E-state index contributed by atoms with van der Waals surface area (Å²) in [4.78, 5) is 14.4. The maximum Gasteiger partial charge on any atom is 0.270 e. The molecule has 24 heavy (non-hydrogen) atoms. The molecule has 1 amide bonds. The number of amides is 1. The van der Waals surface area contributed by atoms with Crippen LogP contribution in [0.25, 0.3) is 0 Å². The van der Waals surface area contributed by atoms with Crippen molar-refractivity contribution in [2.24, 2.45) is 0 Å². The van der Waals surface area contributed by atoms with Crippen LogP contribution in [0, 0.1) is 11.3 Å². The Bertz CT molecular complexity index is 839. The molecule has 0 bridgehead atoms. The van der Waals surface area contributed by atoms with Crippen LogP contribution in [0.5, 0.6) is 0 Å². The zero-order chi connectivity index (χ0) is 16.9. The van der Waals surface area contributed by atoms with E-state index in [-0.39, 0.29) is 11.5 Å². The topological polar surface area (TPSA) is 56.1 Å². The second kappa shape index (κ2) is 7.20. The maximum absolute atomic E-state index is 12.8. The summed E-state index contributed by atoms with van der Waals surface area (Å²) in [5.41, 5.74) is 2.71. The fraction of sp³-hybridized carbons (Fsp3) is 0.158. The normalized spacial score (nSPS) is 13.8. The molecule has 0 saturated heterocycles. The minimum atomic E-state index is -0.302. The monoisotopic (exact) mass is 337 g/mol. The van der Waals surface area contributed by atoms with E-state index in [2.05, 4.69) is 5.32 Å². The molecule has 0 radical (unpaired) electrons. The SMILES string of the molecule is N#C/C(=C/Nc1ccccc1Cl)C(=O)N1CCCc2ccccc21. The van der Waals surface area contributed by atoms with Gasteiger partial charge in [-0.05, 0) is 36.6 Å². The Kier molecular flexibility index (Phi) is 4.83. The van der Waals surface area contributed by atoms with Gasteiger partial charge >= 0.3 is 0 Å². The number of nitrogens with one attached hydrogen (secondary N) is 1. The molecule has 0 fully saturated rings. The molecule has 0 aromatic heterocycles. The molecule has 0 saturated carbocycles. The van der Waals surface area contributed by atoms with Gasteiger partial charge in [0.05, 0.1) is 10.7 Å². The van der Waals surface area contributed by atoms with Crippen LogP contribution in [-0.2, 0) is 11.2 Å². The number of hydrogen-bond donors (Lipinski definition) is 1. The Morgan fingerprint density at radius 2 is 1.96 bits per heavy atom. The van der Waals surface area contributed by atoms with Crippen molar-refractivity contribution in [2.45, 2.75) is 12.8 Å². The van der Waals surface area contributed by atoms with Crippen molar-refractivity contribution in [2.75, 3.05) is 16.8 Å². The van der Waals surface area contributed by atoms with Crippen LogP contribution in [0.15, 0.2) is 60.3 Å². The Labute approximate surface area is 146 Å². The Hall–Kier alpha value is -2.77. The molecule has 3 rings (SSSR count). The number of nitriles is 1. The van der Waals surface area contributed by atoms with E-state index in [0.717, 1.165) is 24.1 Å². The molecule has 2 aromatic carbocycles. The fourth-order valence-electron chi connectivity index (χ4n) is 2.76. The van der Waals surface area contributed by atoms with Gasteiger partial charge in [-0.25, -0.2) is 0 Å². The summed E-state index contributed by atoms with van der Waals surface area (Å²) in [7, 11) is 0. The van der Waals surface area contributed by atoms with Gasteiger partial charge in [-0.1, -0.05) is 41.9 Å². The van der Waals surface area contributed by atoms with Gasteiger partial charge in [0.1, 0.15) is 11.6 Å². The van der Waals surface area contributed by atoms with E-state index in [1.165, 1.54) is 6.20 Å². The lowest BCUT2D eigenvalue weighted by molar-refractivity contribution is -0.114. The first kappa shape index (κ1) is 16.1. The summed E-state index contributed by atoms with van der Waals surface area (Å²) < 4.78 is 0. The molecule has 0 spiro atoms. The van der Waals surface area contributed by atoms with Crippen molar-refractivity contribution in [1.82, 2.24) is 0 Å². The third kappa shape index (κ3) is 3.27. The number of rotatable bonds is 3. The Morgan fingerprint density at radius 3 is 2.75 bits per heavy atom. The van der Waals surface area contributed by atoms with Crippen LogP contribution in [0.2, 0.25) is 5.02 Å². The van der Waals surface area contributed by atoms with E-state index in [9.17, 15) is 10.1 Å². The molecule has 0 atom stereocenters. The van der Waals surface area contributed by atoms with Crippen molar-refractivity contribution < 1.29 is 4.79 Å². The van der Waals surface area contributed by atoms with Gasteiger partial charge in [0.25, 0.3) is 5.91 Å². The number of halogens is 1. The molecule has 1 aliphatic heterocycles. The molecule has 2 aromatic rings. The number of fused-ring (bicyclic) bond motifs is 1. The molecule has 5 heteroatoms. The lowest BCUT2D eigenvalue weighted by atomic mass is 10.0. The molecule has 0 aliphatic carbocycles. The maximum atomic E-state index is 12.8. The Morgan fingerprint density at radius 1 is 1.21 bits per heavy atom. The molecule has 1 N–H and O–H groups in total. The average molecular weight is 338 g/mol. The number of hydrogen-bond acceptors (Lipinski definition) is 3. The zero-order valence-corrected chi connectivity index (χ0v) is 13.8. The first-order valence-electron chi connectivity index (χ1n) is 7.72. The van der Waals surface area contributed by atoms with Gasteiger partial charge < -0.3 is 10.2 Å². The van der Waals surface area contributed by atoms with Crippen LogP contribution in [0.3, 0.4) is 0 Å². The molecular weight excluding hydrogens is 322 g/mol. The number of para-hydroxylation sites is 2. The number of nitrogens with zero attached hydrogens (tertiary/aromatic N) is 2. The quantitative estimate of drug-likeness (QED) is 0.676. The van der Waals surface area contributed by atoms with Crippen molar-refractivity contribution in [3.05, 3.63) is 70.9 Å². The average Bonchev–Trinajstić information content (AvgIpc) is 2.63. The molecule has 1 aliphatic rings. The summed E-state index contributed by atoms with van der Waals surface area (Å²) in [6.45, 7) is 0.612. The first-order valence-corrected chi connectivity index (χ1v) is 8.09. The molecule has 120 valence electrons. The van der Waals surface area contributed by atoms with Gasteiger partial charge in [-0.2, -0.15) is 5.26 Å². The summed E-state index contributed by atoms with van der Waals surface area (Å²) in [5, 5.41) is 12.9. The first-order chi connectivity index (χ1) is 11.7. The predicted octanol–water partition coefficient (Wildman–Crippen LogP) is 4.14. The van der Waals surface area contributed by atoms with Crippen molar-refractivity contribution in [3.63, 3.8) is 0 Å². The second-order valence-electron chi connectivity index (χ2n) is 5.48. The van der Waals surface area contributed by atoms with E-state index in [4.69, 9.17) is 11.6 Å². The third-order valence-corrected chi connectivity index (χ3v) is 4.28. The lowest BCUT2D eigenvalue weighted by Crippen LogP contribution is -2.36. The molecule has 4 nitrogen and oxygen atoms in total. The minimum Gasteiger partial charge on any atom is -0.359 e. The highest BCUT2D eigenvalue weighted by Gasteiger charge is 2.24. The summed E-state index contributed by atoms with van der Waals surface area (Å²) in [6, 6.07) is 17.0. The lowest BCUT2D eigenvalue weighted by Gasteiger charge is -2.29. The standard InChI is InChI=1S/C19H16ClN3O/c20-16-8-2-3-9-17(16)22-13-15(12-21)19(24)23-11-5-7-14-6-1-4-10-18(14)23/h1-4,6,8-10,13,22H,5,7,11H2/b15-13-. The van der Waals surface area contributed by atoms with Crippen molar-refractivity contribution >= 4 is 28.9 Å². The Balaban J connectivity index is 1.84. The molecule has 0 unspecified atom stereocenters. The van der Waals surface area contributed by atoms with E-state index in [1.54, 1.807) is 17.0 Å². The number of aryl methyl sites for hydroxylation is 1. The van der Waals surface area contributed by atoms with Gasteiger partial charge in [0.15, 0.2) is 0 Å². The van der Waals surface area contributed by atoms with Gasteiger partial charge in [0.2, 0.25) is 0 Å². The van der Waals surface area contributed by atoms with Crippen LogP contribution in [-0.4, -0.2) is 12.5 Å². The number of benzene rings is 2. The van der Waals surface area contributed by atoms with Crippen LogP contribution >= 0.6 is 11.6 Å².